The Bertz CT molecular complexity index is 818. The van der Waals surface area contributed by atoms with E-state index in [1.807, 2.05) is 17.5 Å². The van der Waals surface area contributed by atoms with Crippen molar-refractivity contribution in [2.75, 3.05) is 6.61 Å². The molecular weight excluding hydrogens is 406 g/mol. The van der Waals surface area contributed by atoms with Crippen LogP contribution in [-0.2, 0) is 4.79 Å². The number of thiophene rings is 1. The predicted molar refractivity (Wildman–Crippen MR) is 121 cm³/mol. The predicted octanol–water partition coefficient (Wildman–Crippen LogP) is 4.06. The molecule has 1 heterocycles. The summed E-state index contributed by atoms with van der Waals surface area (Å²) in [6.45, 7) is 2.84. The van der Waals surface area contributed by atoms with E-state index in [0.29, 0.717) is 12.2 Å². The van der Waals surface area contributed by atoms with Crippen LogP contribution in [0.25, 0.3) is 6.08 Å². The Morgan fingerprint density at radius 3 is 2.59 bits per heavy atom. The minimum atomic E-state index is -0.384. The zero-order valence-corrected chi connectivity index (χ0v) is 17.9. The van der Waals surface area contributed by atoms with Gasteiger partial charge in [-0.15, -0.1) is 11.3 Å². The summed E-state index contributed by atoms with van der Waals surface area (Å²) in [7, 11) is 0. The van der Waals surface area contributed by atoms with E-state index in [1.54, 1.807) is 30.3 Å². The van der Waals surface area contributed by atoms with E-state index in [0.717, 1.165) is 23.5 Å². The summed E-state index contributed by atoms with van der Waals surface area (Å²) in [6, 6.07) is 10.6. The summed E-state index contributed by atoms with van der Waals surface area (Å²) in [5, 5.41) is 4.39. The zero-order chi connectivity index (χ0) is 20.9. The van der Waals surface area contributed by atoms with E-state index >= 15 is 0 Å². The van der Waals surface area contributed by atoms with Crippen molar-refractivity contribution in [3.8, 4) is 5.75 Å². The number of amides is 2. The maximum absolute atomic E-state index is 12.2. The van der Waals surface area contributed by atoms with Crippen molar-refractivity contribution >= 4 is 46.6 Å². The van der Waals surface area contributed by atoms with Gasteiger partial charge in [0.05, 0.1) is 6.61 Å². The molecule has 0 spiro atoms. The summed E-state index contributed by atoms with van der Waals surface area (Å²) >= 11 is 6.52. The molecule has 154 valence electrons. The summed E-state index contributed by atoms with van der Waals surface area (Å²) in [6.07, 6.45) is 7.64. The topological polar surface area (TPSA) is 79.5 Å². The van der Waals surface area contributed by atoms with Gasteiger partial charge in [0.15, 0.2) is 5.11 Å². The number of thiocarbonyl (C=S) groups is 1. The van der Waals surface area contributed by atoms with Crippen molar-refractivity contribution in [3.63, 3.8) is 0 Å². The Hall–Kier alpha value is -2.71. The number of ether oxygens (including phenoxy) is 1. The average Bonchev–Trinajstić information content (AvgIpc) is 3.24. The molecule has 0 aliphatic carbocycles. The van der Waals surface area contributed by atoms with Crippen LogP contribution in [-0.4, -0.2) is 23.5 Å². The van der Waals surface area contributed by atoms with Crippen molar-refractivity contribution < 1.29 is 14.3 Å². The normalized spacial score (nSPS) is 10.5. The van der Waals surface area contributed by atoms with Crippen LogP contribution in [0.15, 0.2) is 47.9 Å². The molecule has 0 unspecified atom stereocenters. The Labute approximate surface area is 180 Å². The third kappa shape index (κ3) is 8.89. The smallest absolute Gasteiger partial charge is 0.269 e. The molecule has 0 aliphatic rings. The second-order valence-electron chi connectivity index (χ2n) is 6.18. The van der Waals surface area contributed by atoms with Gasteiger partial charge in [-0.1, -0.05) is 32.3 Å². The fourth-order valence-corrected chi connectivity index (χ4v) is 3.11. The molecule has 0 radical (unpaired) electrons. The molecule has 8 heteroatoms. The number of carbonyl (C=O) groups is 2. The molecular formula is C21H25N3O3S2. The summed E-state index contributed by atoms with van der Waals surface area (Å²) in [5.41, 5.74) is 5.41. The summed E-state index contributed by atoms with van der Waals surface area (Å²) in [4.78, 5) is 24.9. The Morgan fingerprint density at radius 1 is 1.10 bits per heavy atom. The molecule has 0 aliphatic heterocycles. The van der Waals surface area contributed by atoms with E-state index in [2.05, 4.69) is 23.1 Å². The van der Waals surface area contributed by atoms with E-state index < -0.39 is 0 Å². The van der Waals surface area contributed by atoms with Crippen LogP contribution in [0.1, 0.15) is 47.8 Å². The van der Waals surface area contributed by atoms with E-state index in [-0.39, 0.29) is 16.9 Å². The lowest BCUT2D eigenvalue weighted by atomic mass is 10.2. The van der Waals surface area contributed by atoms with Gasteiger partial charge in [0, 0.05) is 16.5 Å². The van der Waals surface area contributed by atoms with Crippen molar-refractivity contribution in [3.05, 3.63) is 58.3 Å². The fraction of sp³-hybridized carbons (Fsp3) is 0.286. The van der Waals surface area contributed by atoms with Gasteiger partial charge in [0.25, 0.3) is 5.91 Å². The lowest BCUT2D eigenvalue weighted by Crippen LogP contribution is -2.48. The van der Waals surface area contributed by atoms with Gasteiger partial charge in [-0.25, -0.2) is 0 Å². The molecule has 2 aromatic rings. The van der Waals surface area contributed by atoms with Crippen LogP contribution in [0.4, 0.5) is 0 Å². The number of hydrogen-bond donors (Lipinski definition) is 3. The van der Waals surface area contributed by atoms with Crippen molar-refractivity contribution in [1.29, 1.82) is 0 Å². The second kappa shape index (κ2) is 12.7. The number of hydrazine groups is 1. The maximum atomic E-state index is 12.2. The number of benzene rings is 1. The first kappa shape index (κ1) is 22.6. The standard InChI is InChI=1S/C21H25N3O3S2/c1-2-3-4-5-14-27-17-10-8-16(9-11-17)20(26)23-24-21(28)22-19(25)13-12-18-7-6-15-29-18/h6-13,15H,2-5,14H2,1H3,(H,23,26)(H2,22,24,25,28)/b13-12+. The molecule has 1 aromatic heterocycles. The van der Waals surface area contributed by atoms with Crippen LogP contribution in [0.2, 0.25) is 0 Å². The van der Waals surface area contributed by atoms with Crippen LogP contribution in [0, 0.1) is 0 Å². The molecule has 3 N–H and O–H groups in total. The Balaban J connectivity index is 1.69. The molecule has 0 bridgehead atoms. The molecule has 2 amide bonds. The van der Waals surface area contributed by atoms with Crippen LogP contribution < -0.4 is 20.9 Å². The number of nitrogens with one attached hydrogen (secondary N) is 3. The number of unbranched alkanes of at least 4 members (excludes halogenated alkanes) is 3. The van der Waals surface area contributed by atoms with Gasteiger partial charge in [-0.3, -0.25) is 25.8 Å². The quantitative estimate of drug-likeness (QED) is 0.242. The third-order valence-corrected chi connectivity index (χ3v) is 4.89. The lowest BCUT2D eigenvalue weighted by molar-refractivity contribution is -0.115. The highest BCUT2D eigenvalue weighted by molar-refractivity contribution is 7.80. The van der Waals surface area contributed by atoms with Crippen molar-refractivity contribution in [2.45, 2.75) is 32.6 Å². The zero-order valence-electron chi connectivity index (χ0n) is 16.3. The van der Waals surface area contributed by atoms with Crippen LogP contribution in [0.5, 0.6) is 5.75 Å². The SMILES string of the molecule is CCCCCCOc1ccc(C(=O)NNC(=S)NC(=O)/C=C/c2cccs2)cc1. The maximum Gasteiger partial charge on any atom is 0.269 e. The molecule has 0 saturated heterocycles. The highest BCUT2D eigenvalue weighted by Gasteiger charge is 2.07. The average molecular weight is 432 g/mol. The first-order valence-corrected chi connectivity index (χ1v) is 10.7. The molecule has 0 fully saturated rings. The number of carbonyl (C=O) groups excluding carboxylic acids is 2. The molecule has 6 nitrogen and oxygen atoms in total. The summed E-state index contributed by atoms with van der Waals surface area (Å²) < 4.78 is 5.66. The van der Waals surface area contributed by atoms with Gasteiger partial charge in [-0.2, -0.15) is 0 Å². The van der Waals surface area contributed by atoms with Gasteiger partial charge in [0.1, 0.15) is 5.75 Å². The third-order valence-electron chi connectivity index (χ3n) is 3.85. The number of hydrogen-bond acceptors (Lipinski definition) is 5. The largest absolute Gasteiger partial charge is 0.494 e. The first-order chi connectivity index (χ1) is 14.1. The van der Waals surface area contributed by atoms with Crippen LogP contribution in [0.3, 0.4) is 0 Å². The van der Waals surface area contributed by atoms with Gasteiger partial charge in [0.2, 0.25) is 5.91 Å². The monoisotopic (exact) mass is 431 g/mol. The minimum Gasteiger partial charge on any atom is -0.494 e. The van der Waals surface area contributed by atoms with Gasteiger partial charge < -0.3 is 4.74 Å². The second-order valence-corrected chi connectivity index (χ2v) is 7.57. The Morgan fingerprint density at radius 2 is 1.90 bits per heavy atom. The highest BCUT2D eigenvalue weighted by Crippen LogP contribution is 2.13. The number of rotatable bonds is 9. The van der Waals surface area contributed by atoms with E-state index in [1.165, 1.54) is 30.3 Å². The first-order valence-electron chi connectivity index (χ1n) is 9.44. The van der Waals surface area contributed by atoms with Gasteiger partial charge >= 0.3 is 0 Å². The molecule has 2 rings (SSSR count). The summed E-state index contributed by atoms with van der Waals surface area (Å²) in [5.74, 6) is -0.0258. The molecule has 0 atom stereocenters. The minimum absolute atomic E-state index is 0.00575. The lowest BCUT2D eigenvalue weighted by Gasteiger charge is -2.10. The fourth-order valence-electron chi connectivity index (χ4n) is 2.34. The van der Waals surface area contributed by atoms with Crippen LogP contribution >= 0.6 is 23.6 Å². The van der Waals surface area contributed by atoms with Crippen molar-refractivity contribution in [1.82, 2.24) is 16.2 Å². The Kier molecular flexibility index (Phi) is 9.88. The van der Waals surface area contributed by atoms with Crippen molar-refractivity contribution in [2.24, 2.45) is 0 Å². The molecule has 0 saturated carbocycles. The van der Waals surface area contributed by atoms with E-state index in [9.17, 15) is 9.59 Å². The highest BCUT2D eigenvalue weighted by atomic mass is 32.1. The van der Waals surface area contributed by atoms with E-state index in [4.69, 9.17) is 17.0 Å². The molecule has 1 aromatic carbocycles. The van der Waals surface area contributed by atoms with Gasteiger partial charge in [-0.05, 0) is 60.4 Å². The molecule has 29 heavy (non-hydrogen) atoms.